The van der Waals surface area contributed by atoms with Crippen LogP contribution in [0.4, 0.5) is 11.4 Å². The van der Waals surface area contributed by atoms with Gasteiger partial charge in [-0.05, 0) is 35.9 Å². The first-order chi connectivity index (χ1) is 17.6. The minimum Gasteiger partial charge on any atom is -1.00 e. The Morgan fingerprint density at radius 2 is 1.32 bits per heavy atom. The fourth-order valence-corrected chi connectivity index (χ4v) is 4.58. The number of hydrazine groups is 1. The molecule has 37 heavy (non-hydrogen) atoms. The molecule has 3 aromatic carbocycles. The monoisotopic (exact) mass is 600 g/mol. The molecule has 0 spiro atoms. The molecule has 6 nitrogen and oxygen atoms in total. The quantitative estimate of drug-likeness (QED) is 0.236. The van der Waals surface area contributed by atoms with Gasteiger partial charge in [-0.2, -0.15) is 0 Å². The van der Waals surface area contributed by atoms with Gasteiger partial charge in [-0.1, -0.05) is 54.6 Å². The maximum atomic E-state index is 13.9. The van der Waals surface area contributed by atoms with Crippen LogP contribution in [0.25, 0.3) is 22.5 Å². The number of pyridine rings is 2. The van der Waals surface area contributed by atoms with Crippen molar-refractivity contribution in [3.63, 3.8) is 0 Å². The summed E-state index contributed by atoms with van der Waals surface area (Å²) < 4.78 is 10.3. The predicted molar refractivity (Wildman–Crippen MR) is 142 cm³/mol. The van der Waals surface area contributed by atoms with Crippen LogP contribution in [0.2, 0.25) is 0 Å². The number of hydrogen-bond donors (Lipinski definition) is 0. The van der Waals surface area contributed by atoms with Crippen LogP contribution in [0.15, 0.2) is 120 Å². The van der Waals surface area contributed by atoms with E-state index >= 15 is 0 Å². The summed E-state index contributed by atoms with van der Waals surface area (Å²) in [5.41, 5.74) is 3.37. The zero-order valence-electron chi connectivity index (χ0n) is 20.5. The number of aromatic nitrogens is 2. The van der Waals surface area contributed by atoms with E-state index in [1.807, 2.05) is 127 Å². The van der Waals surface area contributed by atoms with Gasteiger partial charge < -0.3 is 28.7 Å². The second-order valence-electron chi connectivity index (χ2n) is 8.73. The van der Waals surface area contributed by atoms with E-state index in [1.54, 1.807) is 4.57 Å². The lowest BCUT2D eigenvalue weighted by atomic mass is 10.1. The summed E-state index contributed by atoms with van der Waals surface area (Å²) in [6.45, 7) is 0. The van der Waals surface area contributed by atoms with Crippen LogP contribution >= 0.6 is 0 Å². The number of para-hydroxylation sites is 2. The summed E-state index contributed by atoms with van der Waals surface area (Å²) in [5.74, 6) is 1.07. The van der Waals surface area contributed by atoms with Crippen molar-refractivity contribution in [1.29, 1.82) is 0 Å². The Kier molecular flexibility index (Phi) is 6.71. The fourth-order valence-electron chi connectivity index (χ4n) is 4.58. The lowest BCUT2D eigenvalue weighted by Crippen LogP contribution is -3.00. The average Bonchev–Trinajstić information content (AvgIpc) is 2.92. The Morgan fingerprint density at radius 1 is 0.757 bits per heavy atom. The summed E-state index contributed by atoms with van der Waals surface area (Å²) in [5, 5.41) is 5.54. The molecule has 0 aliphatic carbocycles. The molecule has 6 rings (SSSR count). The first-order valence-electron chi connectivity index (χ1n) is 11.8. The number of fused-ring (bicyclic) bond motifs is 3. The van der Waals surface area contributed by atoms with Crippen molar-refractivity contribution in [2.75, 3.05) is 12.1 Å². The van der Waals surface area contributed by atoms with Crippen molar-refractivity contribution in [2.45, 2.75) is 0 Å². The van der Waals surface area contributed by atoms with Gasteiger partial charge in [-0.25, -0.2) is 14.1 Å². The third-order valence-electron chi connectivity index (χ3n) is 6.36. The maximum absolute atomic E-state index is 13.9. The number of nitrogens with zero attached hydrogens (tertiary/aromatic N) is 4. The third kappa shape index (κ3) is 4.35. The van der Waals surface area contributed by atoms with E-state index < -0.39 is 0 Å². The molecule has 2 aromatic heterocycles. The van der Waals surface area contributed by atoms with Gasteiger partial charge in [-0.3, -0.25) is 9.80 Å². The molecule has 0 atom stereocenters. The number of aryl methyl sites for hydroxylation is 1. The molecule has 3 heterocycles. The normalized spacial score (nSPS) is 13.7. The van der Waals surface area contributed by atoms with E-state index in [9.17, 15) is 4.79 Å². The van der Waals surface area contributed by atoms with Gasteiger partial charge >= 0.3 is 0 Å². The largest absolute Gasteiger partial charge is 1.00 e. The molecule has 0 unspecified atom stereocenters. The molecule has 0 radical (unpaired) electrons. The van der Waals surface area contributed by atoms with Crippen molar-refractivity contribution in [3.8, 4) is 11.6 Å². The Morgan fingerprint density at radius 3 is 1.97 bits per heavy atom. The number of halogens is 1. The van der Waals surface area contributed by atoms with E-state index in [0.717, 1.165) is 28.0 Å². The van der Waals surface area contributed by atoms with Crippen LogP contribution < -0.4 is 43.8 Å². The van der Waals surface area contributed by atoms with Crippen molar-refractivity contribution in [1.82, 2.24) is 9.58 Å². The number of anilines is 2. The summed E-state index contributed by atoms with van der Waals surface area (Å²) in [6, 6.07) is 31.5. The number of benzene rings is 3. The van der Waals surface area contributed by atoms with Gasteiger partial charge in [0.15, 0.2) is 12.4 Å². The second-order valence-corrected chi connectivity index (χ2v) is 8.73. The molecular weight excluding hydrogens is 575 g/mol. The summed E-state index contributed by atoms with van der Waals surface area (Å²) >= 11 is 0. The van der Waals surface area contributed by atoms with Gasteiger partial charge in [0.2, 0.25) is 11.8 Å². The lowest BCUT2D eigenvalue weighted by molar-refractivity contribution is -0.671. The Hall–Kier alpha value is -4.11. The topological polar surface area (TPSA) is 41.6 Å². The number of rotatable bonds is 3. The molecule has 0 bridgehead atoms. The lowest BCUT2D eigenvalue weighted by Gasteiger charge is -2.42. The SMILES string of the molecule is CN1/C(=C\c2cc[n+](C)cc2)Oc2c(c3ccccc3c(=O)n2-c2ccccc2)N1c1ccccc1.[I-]. The minimum absolute atomic E-state index is 0. The van der Waals surface area contributed by atoms with E-state index in [1.165, 1.54) is 0 Å². The maximum Gasteiger partial charge on any atom is 0.265 e. The van der Waals surface area contributed by atoms with Crippen LogP contribution in [-0.4, -0.2) is 16.6 Å². The zero-order valence-corrected chi connectivity index (χ0v) is 22.6. The van der Waals surface area contributed by atoms with E-state index in [2.05, 4.69) is 17.1 Å². The molecule has 184 valence electrons. The molecule has 0 amide bonds. The van der Waals surface area contributed by atoms with Crippen LogP contribution in [0, 0.1) is 0 Å². The van der Waals surface area contributed by atoms with E-state index in [0.29, 0.717) is 17.1 Å². The van der Waals surface area contributed by atoms with E-state index in [-0.39, 0.29) is 29.5 Å². The van der Waals surface area contributed by atoms with Gasteiger partial charge in [0.05, 0.1) is 11.4 Å². The zero-order chi connectivity index (χ0) is 24.6. The highest BCUT2D eigenvalue weighted by atomic mass is 127. The Bertz CT molecular complexity index is 1650. The van der Waals surface area contributed by atoms with Crippen molar-refractivity contribution in [3.05, 3.63) is 131 Å². The van der Waals surface area contributed by atoms with Gasteiger partial charge in [-0.15, -0.1) is 0 Å². The Balaban J connectivity index is 0.00000280. The van der Waals surface area contributed by atoms with Gasteiger partial charge in [0.1, 0.15) is 12.7 Å². The van der Waals surface area contributed by atoms with Crippen molar-refractivity contribution in [2.24, 2.45) is 7.05 Å². The summed E-state index contributed by atoms with van der Waals surface area (Å²) in [6.07, 6.45) is 5.96. The van der Waals surface area contributed by atoms with Crippen molar-refractivity contribution < 1.29 is 33.3 Å². The van der Waals surface area contributed by atoms with Gasteiger partial charge in [0, 0.05) is 36.0 Å². The summed E-state index contributed by atoms with van der Waals surface area (Å²) in [4.78, 5) is 13.9. The van der Waals surface area contributed by atoms with E-state index in [4.69, 9.17) is 4.74 Å². The fraction of sp³-hybridized carbons (Fsp3) is 0.0667. The van der Waals surface area contributed by atoms with Crippen molar-refractivity contribution >= 4 is 28.2 Å². The molecule has 0 saturated heterocycles. The van der Waals surface area contributed by atoms with Gasteiger partial charge in [0.25, 0.3) is 5.56 Å². The van der Waals surface area contributed by atoms with Crippen LogP contribution in [0.5, 0.6) is 5.88 Å². The predicted octanol–water partition coefficient (Wildman–Crippen LogP) is 2.20. The minimum atomic E-state index is -0.126. The molecule has 0 fully saturated rings. The summed E-state index contributed by atoms with van der Waals surface area (Å²) in [7, 11) is 3.95. The Labute approximate surface area is 232 Å². The number of hydrogen-bond acceptors (Lipinski definition) is 4. The molecule has 7 heteroatoms. The molecule has 1 aliphatic heterocycles. The first kappa shape index (κ1) is 24.6. The standard InChI is InChI=1S/C30H25N4O2.HI/c1-31-19-17-22(18-20-31)21-27-32(2)34(24-13-7-4-8-14-24)28-25-15-9-10-16-26(25)29(35)33(30(28)36-27)23-11-5-3-6-12-23;/h3-21H,1-2H3;1H/q+1;/p-1. The van der Waals surface area contributed by atoms with Crippen LogP contribution in [0.3, 0.4) is 0 Å². The third-order valence-corrected chi connectivity index (χ3v) is 6.36. The highest BCUT2D eigenvalue weighted by Crippen LogP contribution is 2.45. The molecule has 0 N–H and O–H groups in total. The highest BCUT2D eigenvalue weighted by Gasteiger charge is 2.33. The first-order valence-corrected chi connectivity index (χ1v) is 11.8. The molecule has 0 saturated carbocycles. The number of ether oxygens (including phenoxy) is 1. The van der Waals surface area contributed by atoms with Crippen LogP contribution in [0.1, 0.15) is 5.56 Å². The second kappa shape index (κ2) is 10.1. The highest BCUT2D eigenvalue weighted by molar-refractivity contribution is 5.99. The van der Waals surface area contributed by atoms with Crippen LogP contribution in [-0.2, 0) is 7.05 Å². The smallest absolute Gasteiger partial charge is 0.265 e. The molecule has 5 aromatic rings. The molecular formula is C30H25IN4O2. The molecule has 1 aliphatic rings. The average molecular weight is 600 g/mol.